The van der Waals surface area contributed by atoms with E-state index in [0.29, 0.717) is 0 Å². The normalized spacial score (nSPS) is 14.4. The molecular formula is C20H20N2. The van der Waals surface area contributed by atoms with E-state index in [4.69, 9.17) is 0 Å². The molecule has 2 heteroatoms. The summed E-state index contributed by atoms with van der Waals surface area (Å²) >= 11 is 0. The summed E-state index contributed by atoms with van der Waals surface area (Å²) in [5.74, 6) is 0. The fourth-order valence-corrected chi connectivity index (χ4v) is 3.31. The monoisotopic (exact) mass is 288 g/mol. The number of hydrogen-bond donors (Lipinski definition) is 0. The van der Waals surface area contributed by atoms with Gasteiger partial charge in [0.2, 0.25) is 0 Å². The van der Waals surface area contributed by atoms with Gasteiger partial charge in [0.1, 0.15) is 0 Å². The number of rotatable bonds is 3. The van der Waals surface area contributed by atoms with Gasteiger partial charge in [-0.25, -0.2) is 0 Å². The lowest BCUT2D eigenvalue weighted by Crippen LogP contribution is -2.24. The number of fused-ring (bicyclic) bond motifs is 2. The summed E-state index contributed by atoms with van der Waals surface area (Å²) in [5, 5.41) is 5.38. The minimum atomic E-state index is 0.953. The molecule has 1 aliphatic rings. The maximum absolute atomic E-state index is 2.39. The van der Waals surface area contributed by atoms with E-state index in [2.05, 4.69) is 83.7 Å². The zero-order chi connectivity index (χ0) is 14.9. The van der Waals surface area contributed by atoms with Gasteiger partial charge in [0, 0.05) is 25.5 Å². The van der Waals surface area contributed by atoms with Crippen molar-refractivity contribution in [2.75, 3.05) is 13.2 Å². The van der Waals surface area contributed by atoms with E-state index in [1.54, 1.807) is 0 Å². The average Bonchev–Trinajstić information content (AvgIpc) is 3.02. The molecule has 110 valence electrons. The van der Waals surface area contributed by atoms with E-state index >= 15 is 0 Å². The molecule has 0 aliphatic carbocycles. The van der Waals surface area contributed by atoms with Gasteiger partial charge in [-0.3, -0.25) is 0 Å². The highest BCUT2D eigenvalue weighted by molar-refractivity contribution is 6.02. The van der Waals surface area contributed by atoms with Crippen LogP contribution >= 0.6 is 0 Å². The minimum Gasteiger partial charge on any atom is -0.359 e. The Labute approximate surface area is 131 Å². The van der Waals surface area contributed by atoms with Crippen LogP contribution in [0, 0.1) is 0 Å². The molecule has 0 unspecified atom stereocenters. The van der Waals surface area contributed by atoms with Crippen LogP contribution in [0.5, 0.6) is 0 Å². The molecule has 0 amide bonds. The molecular weight excluding hydrogens is 268 g/mol. The lowest BCUT2D eigenvalue weighted by atomic mass is 9.96. The van der Waals surface area contributed by atoms with Crippen molar-refractivity contribution < 1.29 is 0 Å². The summed E-state index contributed by atoms with van der Waals surface area (Å²) in [7, 11) is 0. The van der Waals surface area contributed by atoms with Crippen molar-refractivity contribution >= 4 is 21.5 Å². The first-order chi connectivity index (χ1) is 10.8. The minimum absolute atomic E-state index is 0.953. The number of benzene rings is 3. The zero-order valence-corrected chi connectivity index (χ0v) is 12.9. The highest BCUT2D eigenvalue weighted by atomic mass is 15.3. The Balaban J connectivity index is 1.84. The molecule has 0 spiro atoms. The van der Waals surface area contributed by atoms with Crippen LogP contribution in [-0.4, -0.2) is 23.0 Å². The smallest absolute Gasteiger partial charge is 0.0897 e. The molecule has 0 radical (unpaired) electrons. The first kappa shape index (κ1) is 13.2. The van der Waals surface area contributed by atoms with Gasteiger partial charge in [-0.05, 0) is 40.1 Å². The van der Waals surface area contributed by atoms with Crippen LogP contribution in [-0.2, 0) is 6.54 Å². The fourth-order valence-electron chi connectivity index (χ4n) is 3.31. The maximum atomic E-state index is 2.39. The fraction of sp³-hybridized carbons (Fsp3) is 0.200. The SMILES string of the molecule is CCN1C=CN(Cc2c3ccccc3cc3ccccc23)C1. The predicted molar refractivity (Wildman–Crippen MR) is 93.4 cm³/mol. The van der Waals surface area contributed by atoms with Crippen LogP contribution in [0.15, 0.2) is 67.0 Å². The molecule has 0 bridgehead atoms. The molecule has 0 fully saturated rings. The van der Waals surface area contributed by atoms with Gasteiger partial charge in [0.05, 0.1) is 6.67 Å². The van der Waals surface area contributed by atoms with Crippen molar-refractivity contribution in [2.45, 2.75) is 13.5 Å². The van der Waals surface area contributed by atoms with Gasteiger partial charge in [-0.1, -0.05) is 48.5 Å². The highest BCUT2D eigenvalue weighted by Gasteiger charge is 2.14. The summed E-state index contributed by atoms with van der Waals surface area (Å²) in [6.45, 7) is 5.19. The topological polar surface area (TPSA) is 6.48 Å². The van der Waals surface area contributed by atoms with Crippen LogP contribution in [0.2, 0.25) is 0 Å². The van der Waals surface area contributed by atoms with E-state index in [9.17, 15) is 0 Å². The molecule has 0 saturated carbocycles. The van der Waals surface area contributed by atoms with Crippen molar-refractivity contribution in [1.29, 1.82) is 0 Å². The molecule has 0 atom stereocenters. The average molecular weight is 288 g/mol. The van der Waals surface area contributed by atoms with E-state index in [1.165, 1.54) is 27.1 Å². The van der Waals surface area contributed by atoms with Gasteiger partial charge in [-0.2, -0.15) is 0 Å². The van der Waals surface area contributed by atoms with Gasteiger partial charge >= 0.3 is 0 Å². The molecule has 0 N–H and O–H groups in total. The molecule has 22 heavy (non-hydrogen) atoms. The third-order valence-corrected chi connectivity index (χ3v) is 4.50. The van der Waals surface area contributed by atoms with Crippen molar-refractivity contribution in [1.82, 2.24) is 9.80 Å². The number of hydrogen-bond acceptors (Lipinski definition) is 2. The van der Waals surface area contributed by atoms with Gasteiger partial charge in [0.25, 0.3) is 0 Å². The Bertz CT molecular complexity index is 797. The van der Waals surface area contributed by atoms with Crippen molar-refractivity contribution in [3.05, 3.63) is 72.6 Å². The van der Waals surface area contributed by atoms with Crippen molar-refractivity contribution in [3.8, 4) is 0 Å². The Morgan fingerprint density at radius 1 is 0.818 bits per heavy atom. The molecule has 3 aromatic rings. The van der Waals surface area contributed by atoms with Crippen LogP contribution in [0.1, 0.15) is 12.5 Å². The Hall–Kier alpha value is -2.48. The molecule has 1 heterocycles. The largest absolute Gasteiger partial charge is 0.359 e. The first-order valence-corrected chi connectivity index (χ1v) is 7.91. The molecule has 3 aromatic carbocycles. The van der Waals surface area contributed by atoms with Gasteiger partial charge in [-0.15, -0.1) is 0 Å². The molecule has 4 rings (SSSR count). The predicted octanol–water partition coefficient (Wildman–Crippen LogP) is 4.56. The van der Waals surface area contributed by atoms with Crippen LogP contribution in [0.25, 0.3) is 21.5 Å². The number of nitrogens with zero attached hydrogens (tertiary/aromatic N) is 2. The van der Waals surface area contributed by atoms with Crippen molar-refractivity contribution in [3.63, 3.8) is 0 Å². The summed E-state index contributed by atoms with van der Waals surface area (Å²) in [6.07, 6.45) is 4.40. The molecule has 2 nitrogen and oxygen atoms in total. The summed E-state index contributed by atoms with van der Waals surface area (Å²) in [6, 6.07) is 19.7. The highest BCUT2D eigenvalue weighted by Crippen LogP contribution is 2.30. The molecule has 1 aliphatic heterocycles. The second-order valence-electron chi connectivity index (χ2n) is 5.89. The van der Waals surface area contributed by atoms with Gasteiger partial charge < -0.3 is 9.80 Å². The molecule has 0 saturated heterocycles. The quantitative estimate of drug-likeness (QED) is 0.652. The third-order valence-electron chi connectivity index (χ3n) is 4.50. The lowest BCUT2D eigenvalue weighted by molar-refractivity contribution is 0.269. The second kappa shape index (κ2) is 5.38. The summed E-state index contributed by atoms with van der Waals surface area (Å²) < 4.78 is 0. The van der Waals surface area contributed by atoms with E-state index in [0.717, 1.165) is 19.8 Å². The van der Waals surface area contributed by atoms with Crippen LogP contribution < -0.4 is 0 Å². The standard InChI is InChI=1S/C20H20N2/c1-2-21-11-12-22(15-21)14-20-18-9-5-3-7-16(18)13-17-8-4-6-10-19(17)20/h3-13H,2,14-15H2,1H3. The first-order valence-electron chi connectivity index (χ1n) is 7.91. The van der Waals surface area contributed by atoms with E-state index in [-0.39, 0.29) is 0 Å². The van der Waals surface area contributed by atoms with Crippen LogP contribution in [0.3, 0.4) is 0 Å². The lowest BCUT2D eigenvalue weighted by Gasteiger charge is -2.22. The van der Waals surface area contributed by atoms with E-state index in [1.807, 2.05) is 0 Å². The maximum Gasteiger partial charge on any atom is 0.0897 e. The third kappa shape index (κ3) is 2.21. The van der Waals surface area contributed by atoms with Gasteiger partial charge in [0.15, 0.2) is 0 Å². The Morgan fingerprint density at radius 2 is 1.41 bits per heavy atom. The van der Waals surface area contributed by atoms with Crippen molar-refractivity contribution in [2.24, 2.45) is 0 Å². The Kier molecular flexibility index (Phi) is 3.23. The summed E-state index contributed by atoms with van der Waals surface area (Å²) in [5.41, 5.74) is 1.43. The second-order valence-corrected chi connectivity index (χ2v) is 5.89. The summed E-state index contributed by atoms with van der Waals surface area (Å²) in [4.78, 5) is 4.71. The van der Waals surface area contributed by atoms with E-state index < -0.39 is 0 Å². The van der Waals surface area contributed by atoms with Crippen LogP contribution in [0.4, 0.5) is 0 Å². The molecule has 0 aromatic heterocycles. The Morgan fingerprint density at radius 3 is 2.00 bits per heavy atom. The zero-order valence-electron chi connectivity index (χ0n) is 12.9.